The Morgan fingerprint density at radius 2 is 0.500 bits per heavy atom. The van der Waals surface area contributed by atoms with Crippen LogP contribution >= 0.6 is 0 Å². The normalized spacial score (nSPS) is 12.5. The van der Waals surface area contributed by atoms with Gasteiger partial charge in [-0.25, -0.2) is 0 Å². The Balaban J connectivity index is 4.27. The summed E-state index contributed by atoms with van der Waals surface area (Å²) in [6.07, 6.45) is 86.4. The van der Waals surface area contributed by atoms with Crippen LogP contribution in [-0.2, 0) is 28.6 Å². The van der Waals surface area contributed by atoms with Crippen LogP contribution in [-0.4, -0.2) is 37.2 Å². The van der Waals surface area contributed by atoms with Gasteiger partial charge < -0.3 is 14.2 Å². The van der Waals surface area contributed by atoms with Gasteiger partial charge in [-0.15, -0.1) is 0 Å². The number of ether oxygens (including phenoxy) is 3. The largest absolute Gasteiger partial charge is 0.462 e. The minimum absolute atomic E-state index is 0.0780. The first kappa shape index (κ1) is 74.8. The number of carbonyl (C=O) groups excluding carboxylic acids is 3. The van der Waals surface area contributed by atoms with E-state index in [4.69, 9.17) is 14.2 Å². The standard InChI is InChI=1S/C72H128O6/c1-4-7-10-13-16-19-22-25-27-29-31-33-35-36-38-39-41-43-45-47-50-53-56-59-62-65-71(74)77-68-69(67-76-70(73)64-61-58-55-52-49-24-21-18-15-12-9-6-3)78-72(75)66-63-60-57-54-51-48-46-44-42-40-37-34-32-30-28-26-23-20-17-14-11-8-5-2/h7,10,16,18-19,21,25,27,31,33,36,38,69H,4-6,8-9,11-15,17,20,22-24,26,28-30,32,34-35,37,39-68H2,1-3H3/b10-7-,19-16-,21-18-,27-25-,33-31-,38-36-. The molecule has 0 saturated heterocycles. The third-order valence-electron chi connectivity index (χ3n) is 14.9. The fourth-order valence-electron chi connectivity index (χ4n) is 9.88. The SMILES string of the molecule is CC/C=C\C/C=C\C/C=C\C/C=C\C/C=C\CCCCCCCCCCCC(=O)OCC(COC(=O)CCCCCCC/C=C\CCCCC)OC(=O)CCCCCCCCCCCCCCCCCCCCCCCCC. The third kappa shape index (κ3) is 63.7. The van der Waals surface area contributed by atoms with E-state index in [0.717, 1.165) is 103 Å². The first-order valence-electron chi connectivity index (χ1n) is 33.9. The number of hydrogen-bond donors (Lipinski definition) is 0. The summed E-state index contributed by atoms with van der Waals surface area (Å²) in [5, 5.41) is 0. The van der Waals surface area contributed by atoms with Crippen LogP contribution in [0.5, 0.6) is 0 Å². The molecule has 0 bridgehead atoms. The van der Waals surface area contributed by atoms with Gasteiger partial charge in [-0.1, -0.05) is 312 Å². The molecule has 0 aliphatic rings. The summed E-state index contributed by atoms with van der Waals surface area (Å²) in [5.74, 6) is -0.873. The highest BCUT2D eigenvalue weighted by Gasteiger charge is 2.19. The van der Waals surface area contributed by atoms with E-state index in [1.54, 1.807) is 0 Å². The Morgan fingerprint density at radius 1 is 0.269 bits per heavy atom. The Kier molecular flexibility index (Phi) is 63.7. The van der Waals surface area contributed by atoms with Crippen molar-refractivity contribution >= 4 is 17.9 Å². The zero-order valence-corrected chi connectivity index (χ0v) is 51.9. The second kappa shape index (κ2) is 66.4. The van der Waals surface area contributed by atoms with Gasteiger partial charge in [0.05, 0.1) is 0 Å². The second-order valence-electron chi connectivity index (χ2n) is 22.7. The molecule has 0 aromatic rings. The molecule has 0 N–H and O–H groups in total. The minimum atomic E-state index is -0.780. The number of hydrogen-bond acceptors (Lipinski definition) is 6. The van der Waals surface area contributed by atoms with Gasteiger partial charge in [0.2, 0.25) is 0 Å². The molecule has 0 aliphatic carbocycles. The van der Waals surface area contributed by atoms with Crippen LogP contribution < -0.4 is 0 Å². The van der Waals surface area contributed by atoms with Gasteiger partial charge in [-0.2, -0.15) is 0 Å². The molecule has 78 heavy (non-hydrogen) atoms. The van der Waals surface area contributed by atoms with Gasteiger partial charge in [0, 0.05) is 19.3 Å². The van der Waals surface area contributed by atoms with Crippen molar-refractivity contribution in [2.24, 2.45) is 0 Å². The van der Waals surface area contributed by atoms with Crippen molar-refractivity contribution in [2.45, 2.75) is 354 Å². The van der Waals surface area contributed by atoms with Crippen LogP contribution in [0.15, 0.2) is 72.9 Å². The van der Waals surface area contributed by atoms with Gasteiger partial charge in [-0.3, -0.25) is 14.4 Å². The van der Waals surface area contributed by atoms with E-state index in [9.17, 15) is 14.4 Å². The van der Waals surface area contributed by atoms with E-state index in [1.807, 2.05) is 0 Å². The molecule has 0 aromatic heterocycles. The van der Waals surface area contributed by atoms with E-state index >= 15 is 0 Å². The van der Waals surface area contributed by atoms with Crippen molar-refractivity contribution in [1.29, 1.82) is 0 Å². The molecule has 0 amide bonds. The second-order valence-corrected chi connectivity index (χ2v) is 22.7. The topological polar surface area (TPSA) is 78.9 Å². The highest BCUT2D eigenvalue weighted by molar-refractivity contribution is 5.71. The van der Waals surface area contributed by atoms with Crippen LogP contribution in [0.3, 0.4) is 0 Å². The Bertz CT molecular complexity index is 1440. The van der Waals surface area contributed by atoms with E-state index in [0.29, 0.717) is 19.3 Å². The van der Waals surface area contributed by atoms with Crippen LogP contribution in [0.1, 0.15) is 348 Å². The lowest BCUT2D eigenvalue weighted by molar-refractivity contribution is -0.167. The lowest BCUT2D eigenvalue weighted by Crippen LogP contribution is -2.30. The predicted octanol–water partition coefficient (Wildman–Crippen LogP) is 23.3. The molecule has 452 valence electrons. The van der Waals surface area contributed by atoms with E-state index < -0.39 is 6.10 Å². The Labute approximate surface area is 484 Å². The number of allylic oxidation sites excluding steroid dienone is 12. The van der Waals surface area contributed by atoms with E-state index in [1.165, 1.54) is 205 Å². The molecule has 0 radical (unpaired) electrons. The van der Waals surface area contributed by atoms with E-state index in [2.05, 4.69) is 93.7 Å². The molecule has 0 fully saturated rings. The van der Waals surface area contributed by atoms with Gasteiger partial charge in [-0.05, 0) is 89.9 Å². The molecule has 0 aromatic carbocycles. The van der Waals surface area contributed by atoms with Crippen molar-refractivity contribution in [2.75, 3.05) is 13.2 Å². The van der Waals surface area contributed by atoms with Crippen molar-refractivity contribution < 1.29 is 28.6 Å². The fourth-order valence-corrected chi connectivity index (χ4v) is 9.88. The summed E-state index contributed by atoms with van der Waals surface area (Å²) in [4.78, 5) is 38.4. The first-order valence-corrected chi connectivity index (χ1v) is 33.9. The summed E-state index contributed by atoms with van der Waals surface area (Å²) in [6, 6.07) is 0. The molecule has 0 aliphatic heterocycles. The third-order valence-corrected chi connectivity index (χ3v) is 14.9. The first-order chi connectivity index (χ1) is 38.5. The molecule has 0 rings (SSSR count). The molecular formula is C72H128O6. The maximum atomic E-state index is 12.9. The average molecular weight is 1090 g/mol. The van der Waals surface area contributed by atoms with Crippen molar-refractivity contribution in [3.63, 3.8) is 0 Å². The highest BCUT2D eigenvalue weighted by atomic mass is 16.6. The number of rotatable bonds is 62. The summed E-state index contributed by atoms with van der Waals surface area (Å²) in [7, 11) is 0. The lowest BCUT2D eigenvalue weighted by atomic mass is 10.0. The fraction of sp³-hybridized carbons (Fsp3) is 0.792. The molecule has 0 spiro atoms. The molecule has 1 unspecified atom stereocenters. The van der Waals surface area contributed by atoms with Gasteiger partial charge in [0.1, 0.15) is 13.2 Å². The monoisotopic (exact) mass is 1090 g/mol. The van der Waals surface area contributed by atoms with Crippen LogP contribution in [0, 0.1) is 0 Å². The summed E-state index contributed by atoms with van der Waals surface area (Å²) < 4.78 is 16.9. The molecule has 6 heteroatoms. The Morgan fingerprint density at radius 3 is 0.821 bits per heavy atom. The number of carbonyl (C=O) groups is 3. The maximum absolute atomic E-state index is 12.9. The summed E-state index contributed by atoms with van der Waals surface area (Å²) in [5.41, 5.74) is 0. The zero-order valence-electron chi connectivity index (χ0n) is 51.9. The minimum Gasteiger partial charge on any atom is -0.462 e. The van der Waals surface area contributed by atoms with Gasteiger partial charge in [0.25, 0.3) is 0 Å². The summed E-state index contributed by atoms with van der Waals surface area (Å²) >= 11 is 0. The molecule has 0 heterocycles. The molecule has 0 saturated carbocycles. The van der Waals surface area contributed by atoms with Gasteiger partial charge >= 0.3 is 17.9 Å². The maximum Gasteiger partial charge on any atom is 0.306 e. The predicted molar refractivity (Wildman–Crippen MR) is 339 cm³/mol. The number of unbranched alkanes of at least 4 members (excludes halogenated alkanes) is 39. The zero-order chi connectivity index (χ0) is 56.4. The van der Waals surface area contributed by atoms with Gasteiger partial charge in [0.15, 0.2) is 6.10 Å². The highest BCUT2D eigenvalue weighted by Crippen LogP contribution is 2.18. The average Bonchev–Trinajstić information content (AvgIpc) is 3.44. The van der Waals surface area contributed by atoms with Crippen LogP contribution in [0.2, 0.25) is 0 Å². The molecule has 6 nitrogen and oxygen atoms in total. The lowest BCUT2D eigenvalue weighted by Gasteiger charge is -2.18. The summed E-state index contributed by atoms with van der Waals surface area (Å²) in [6.45, 7) is 6.54. The van der Waals surface area contributed by atoms with Crippen molar-refractivity contribution in [1.82, 2.24) is 0 Å². The van der Waals surface area contributed by atoms with E-state index in [-0.39, 0.29) is 31.1 Å². The Hall–Kier alpha value is -3.15. The quantitative estimate of drug-likeness (QED) is 0.0261. The smallest absolute Gasteiger partial charge is 0.306 e. The van der Waals surface area contributed by atoms with Crippen molar-refractivity contribution in [3.05, 3.63) is 72.9 Å². The number of esters is 3. The molecular weight excluding hydrogens is 961 g/mol. The van der Waals surface area contributed by atoms with Crippen LogP contribution in [0.4, 0.5) is 0 Å². The molecule has 1 atom stereocenters. The van der Waals surface area contributed by atoms with Crippen LogP contribution in [0.25, 0.3) is 0 Å². The van der Waals surface area contributed by atoms with Crippen molar-refractivity contribution in [3.8, 4) is 0 Å².